The Labute approximate surface area is 142 Å². The van der Waals surface area contributed by atoms with Gasteiger partial charge in [0.2, 0.25) is 0 Å². The van der Waals surface area contributed by atoms with E-state index in [4.69, 9.17) is 21.1 Å². The standard InChI is InChI=1S/C16H13ClN2O5/c1-9-10(3-2-4-13(9)19(21)22)16(20)18-12-8-15-14(7-11(12)17)23-5-6-24-15/h2-4,7-8H,5-6H2,1H3,(H,18,20). The summed E-state index contributed by atoms with van der Waals surface area (Å²) in [6.07, 6.45) is 0. The molecule has 0 aromatic heterocycles. The van der Waals surface area contributed by atoms with Crippen LogP contribution in [0.1, 0.15) is 15.9 Å². The maximum atomic E-state index is 12.5. The first-order valence-electron chi connectivity index (χ1n) is 7.12. The number of nitrogens with zero attached hydrogens (tertiary/aromatic N) is 1. The van der Waals surface area contributed by atoms with E-state index in [0.717, 1.165) is 0 Å². The highest BCUT2D eigenvalue weighted by atomic mass is 35.5. The number of carbonyl (C=O) groups excluding carboxylic acids is 1. The zero-order chi connectivity index (χ0) is 17.3. The molecule has 0 fully saturated rings. The first-order valence-corrected chi connectivity index (χ1v) is 7.49. The Balaban J connectivity index is 1.91. The van der Waals surface area contributed by atoms with Gasteiger partial charge in [0.25, 0.3) is 11.6 Å². The minimum atomic E-state index is -0.525. The largest absolute Gasteiger partial charge is 0.486 e. The summed E-state index contributed by atoms with van der Waals surface area (Å²) in [6, 6.07) is 7.46. The van der Waals surface area contributed by atoms with Crippen molar-refractivity contribution in [3.05, 3.63) is 56.6 Å². The molecule has 0 atom stereocenters. The molecule has 0 saturated heterocycles. The number of benzene rings is 2. The molecule has 0 bridgehead atoms. The molecule has 1 aliphatic heterocycles. The molecule has 1 N–H and O–H groups in total. The second kappa shape index (κ2) is 6.37. The summed E-state index contributed by atoms with van der Waals surface area (Å²) in [4.78, 5) is 22.9. The maximum absolute atomic E-state index is 12.5. The van der Waals surface area contributed by atoms with Crippen molar-refractivity contribution in [2.24, 2.45) is 0 Å². The third-order valence-corrected chi connectivity index (χ3v) is 3.94. The van der Waals surface area contributed by atoms with E-state index in [1.807, 2.05) is 0 Å². The lowest BCUT2D eigenvalue weighted by Gasteiger charge is -2.20. The molecule has 8 heteroatoms. The fraction of sp³-hybridized carbons (Fsp3) is 0.188. The molecule has 0 radical (unpaired) electrons. The number of amides is 1. The molecule has 1 aliphatic rings. The Morgan fingerprint density at radius 1 is 1.25 bits per heavy atom. The van der Waals surface area contributed by atoms with Gasteiger partial charge in [-0.05, 0) is 13.0 Å². The van der Waals surface area contributed by atoms with Crippen molar-refractivity contribution >= 4 is 28.9 Å². The molecular formula is C16H13ClN2O5. The van der Waals surface area contributed by atoms with E-state index in [0.29, 0.717) is 30.4 Å². The smallest absolute Gasteiger partial charge is 0.273 e. The molecule has 1 amide bonds. The van der Waals surface area contributed by atoms with Crippen LogP contribution in [0.4, 0.5) is 11.4 Å². The number of carbonyl (C=O) groups is 1. The van der Waals surface area contributed by atoms with Gasteiger partial charge in [0.15, 0.2) is 11.5 Å². The molecule has 24 heavy (non-hydrogen) atoms. The maximum Gasteiger partial charge on any atom is 0.273 e. The Hall–Kier alpha value is -2.80. The second-order valence-electron chi connectivity index (χ2n) is 5.14. The normalized spacial score (nSPS) is 12.6. The van der Waals surface area contributed by atoms with Gasteiger partial charge in [-0.1, -0.05) is 17.7 Å². The molecule has 0 aliphatic carbocycles. The molecule has 124 valence electrons. The number of ether oxygens (including phenoxy) is 2. The van der Waals surface area contributed by atoms with E-state index < -0.39 is 10.8 Å². The Morgan fingerprint density at radius 2 is 1.92 bits per heavy atom. The minimum Gasteiger partial charge on any atom is -0.486 e. The van der Waals surface area contributed by atoms with Gasteiger partial charge in [0.1, 0.15) is 13.2 Å². The van der Waals surface area contributed by atoms with Crippen molar-refractivity contribution in [2.75, 3.05) is 18.5 Å². The van der Waals surface area contributed by atoms with Crippen LogP contribution in [-0.4, -0.2) is 24.0 Å². The first kappa shape index (κ1) is 16.1. The monoisotopic (exact) mass is 348 g/mol. The Bertz CT molecular complexity index is 837. The number of fused-ring (bicyclic) bond motifs is 1. The van der Waals surface area contributed by atoms with E-state index in [9.17, 15) is 14.9 Å². The quantitative estimate of drug-likeness (QED) is 0.676. The highest BCUT2D eigenvalue weighted by Crippen LogP contribution is 2.38. The van der Waals surface area contributed by atoms with E-state index >= 15 is 0 Å². The molecule has 1 heterocycles. The van der Waals surface area contributed by atoms with Crippen LogP contribution < -0.4 is 14.8 Å². The van der Waals surface area contributed by atoms with Crippen LogP contribution in [0.5, 0.6) is 11.5 Å². The van der Waals surface area contributed by atoms with Gasteiger partial charge in [0, 0.05) is 29.3 Å². The van der Waals surface area contributed by atoms with Crippen molar-refractivity contribution in [1.29, 1.82) is 0 Å². The lowest BCUT2D eigenvalue weighted by Crippen LogP contribution is -2.17. The van der Waals surface area contributed by atoms with Gasteiger partial charge >= 0.3 is 0 Å². The van der Waals surface area contributed by atoms with E-state index in [1.54, 1.807) is 12.1 Å². The average molecular weight is 349 g/mol. The summed E-state index contributed by atoms with van der Waals surface area (Å²) in [5.41, 5.74) is 0.719. The van der Waals surface area contributed by atoms with Crippen molar-refractivity contribution in [3.63, 3.8) is 0 Å². The number of nitrogens with one attached hydrogen (secondary N) is 1. The summed E-state index contributed by atoms with van der Waals surface area (Å²) in [6.45, 7) is 2.37. The summed E-state index contributed by atoms with van der Waals surface area (Å²) in [7, 11) is 0. The number of hydrogen-bond acceptors (Lipinski definition) is 5. The van der Waals surface area contributed by atoms with Crippen LogP contribution in [0.3, 0.4) is 0 Å². The number of anilines is 1. The van der Waals surface area contributed by atoms with Crippen LogP contribution >= 0.6 is 11.6 Å². The van der Waals surface area contributed by atoms with Crippen LogP contribution in [0.15, 0.2) is 30.3 Å². The predicted molar refractivity (Wildman–Crippen MR) is 88.2 cm³/mol. The number of nitro benzene ring substituents is 1. The van der Waals surface area contributed by atoms with E-state index in [-0.39, 0.29) is 21.8 Å². The topological polar surface area (TPSA) is 90.7 Å². The van der Waals surface area contributed by atoms with Crippen molar-refractivity contribution in [1.82, 2.24) is 0 Å². The number of hydrogen-bond donors (Lipinski definition) is 1. The van der Waals surface area contributed by atoms with Crippen molar-refractivity contribution < 1.29 is 19.2 Å². The zero-order valence-corrected chi connectivity index (χ0v) is 13.4. The number of rotatable bonds is 3. The third kappa shape index (κ3) is 2.98. The third-order valence-electron chi connectivity index (χ3n) is 3.63. The number of halogens is 1. The number of nitro groups is 1. The summed E-state index contributed by atoms with van der Waals surface area (Å²) >= 11 is 6.16. The van der Waals surface area contributed by atoms with Gasteiger partial charge in [-0.15, -0.1) is 0 Å². The van der Waals surface area contributed by atoms with E-state index in [1.165, 1.54) is 25.1 Å². The first-order chi connectivity index (χ1) is 11.5. The fourth-order valence-electron chi connectivity index (χ4n) is 2.42. The molecule has 3 rings (SSSR count). The summed E-state index contributed by atoms with van der Waals surface area (Å²) in [5.74, 6) is 0.502. The van der Waals surface area contributed by atoms with Crippen LogP contribution in [0.25, 0.3) is 0 Å². The SMILES string of the molecule is Cc1c(C(=O)Nc2cc3c(cc2Cl)OCCO3)cccc1[N+](=O)[O-]. The second-order valence-corrected chi connectivity index (χ2v) is 5.54. The van der Waals surface area contributed by atoms with Gasteiger partial charge < -0.3 is 14.8 Å². The highest BCUT2D eigenvalue weighted by Gasteiger charge is 2.20. The molecule has 7 nitrogen and oxygen atoms in total. The van der Waals surface area contributed by atoms with Gasteiger partial charge in [0.05, 0.1) is 15.6 Å². The summed E-state index contributed by atoms with van der Waals surface area (Å²) in [5, 5.41) is 13.9. The molecule has 2 aromatic carbocycles. The lowest BCUT2D eigenvalue weighted by molar-refractivity contribution is -0.385. The molecule has 0 spiro atoms. The average Bonchev–Trinajstić information content (AvgIpc) is 2.55. The van der Waals surface area contributed by atoms with Gasteiger partial charge in [-0.3, -0.25) is 14.9 Å². The Kier molecular flexibility index (Phi) is 4.26. The summed E-state index contributed by atoms with van der Waals surface area (Å²) < 4.78 is 10.9. The lowest BCUT2D eigenvalue weighted by atomic mass is 10.1. The van der Waals surface area contributed by atoms with Gasteiger partial charge in [-0.2, -0.15) is 0 Å². The predicted octanol–water partition coefficient (Wildman–Crippen LogP) is 3.58. The van der Waals surface area contributed by atoms with Crippen molar-refractivity contribution in [3.8, 4) is 11.5 Å². The molecule has 0 unspecified atom stereocenters. The fourth-order valence-corrected chi connectivity index (χ4v) is 2.62. The van der Waals surface area contributed by atoms with Gasteiger partial charge in [-0.25, -0.2) is 0 Å². The minimum absolute atomic E-state index is 0.115. The molecular weight excluding hydrogens is 336 g/mol. The highest BCUT2D eigenvalue weighted by molar-refractivity contribution is 6.34. The van der Waals surface area contributed by atoms with Crippen LogP contribution in [0.2, 0.25) is 5.02 Å². The molecule has 2 aromatic rings. The van der Waals surface area contributed by atoms with E-state index in [2.05, 4.69) is 5.32 Å². The Morgan fingerprint density at radius 3 is 2.58 bits per heavy atom. The zero-order valence-electron chi connectivity index (χ0n) is 12.7. The van der Waals surface area contributed by atoms with Crippen LogP contribution in [0, 0.1) is 17.0 Å². The molecule has 0 saturated carbocycles. The van der Waals surface area contributed by atoms with Crippen LogP contribution in [-0.2, 0) is 0 Å². The van der Waals surface area contributed by atoms with Crippen molar-refractivity contribution in [2.45, 2.75) is 6.92 Å².